The van der Waals surface area contributed by atoms with Crippen LogP contribution >= 0.6 is 0 Å². The van der Waals surface area contributed by atoms with Crippen LogP contribution < -0.4 is 4.74 Å². The first kappa shape index (κ1) is 15.3. The SMILES string of the molecule is COc1ccc(C)cc1CN1CCCN(CCO)CC1. The predicted molar refractivity (Wildman–Crippen MR) is 81.2 cm³/mol. The minimum absolute atomic E-state index is 0.256. The summed E-state index contributed by atoms with van der Waals surface area (Å²) in [6, 6.07) is 6.36. The molecule has 2 rings (SSSR count). The normalized spacial score (nSPS) is 17.9. The second kappa shape index (κ2) is 7.62. The number of hydrogen-bond acceptors (Lipinski definition) is 4. The quantitative estimate of drug-likeness (QED) is 0.885. The fraction of sp³-hybridized carbons (Fsp3) is 0.625. The summed E-state index contributed by atoms with van der Waals surface area (Å²) in [5.41, 5.74) is 2.54. The highest BCUT2D eigenvalue weighted by atomic mass is 16.5. The van der Waals surface area contributed by atoms with Gasteiger partial charge < -0.3 is 9.84 Å². The summed E-state index contributed by atoms with van der Waals surface area (Å²) in [4.78, 5) is 4.82. The molecule has 4 heteroatoms. The zero-order chi connectivity index (χ0) is 14.4. The number of aliphatic hydroxyl groups excluding tert-OH is 1. The molecule has 1 aliphatic heterocycles. The number of hydrogen-bond donors (Lipinski definition) is 1. The Hall–Kier alpha value is -1.10. The lowest BCUT2D eigenvalue weighted by molar-refractivity contribution is 0.195. The Kier molecular flexibility index (Phi) is 5.83. The summed E-state index contributed by atoms with van der Waals surface area (Å²) in [6.45, 7) is 8.40. The van der Waals surface area contributed by atoms with Gasteiger partial charge in [0.25, 0.3) is 0 Å². The summed E-state index contributed by atoms with van der Waals surface area (Å²) >= 11 is 0. The molecule has 0 bridgehead atoms. The fourth-order valence-electron chi connectivity index (χ4n) is 2.82. The van der Waals surface area contributed by atoms with E-state index >= 15 is 0 Å². The molecule has 1 saturated heterocycles. The van der Waals surface area contributed by atoms with Crippen molar-refractivity contribution in [2.45, 2.75) is 19.9 Å². The highest BCUT2D eigenvalue weighted by Crippen LogP contribution is 2.21. The van der Waals surface area contributed by atoms with Crippen LogP contribution in [0, 0.1) is 6.92 Å². The Morgan fingerprint density at radius 1 is 1.15 bits per heavy atom. The molecule has 1 N–H and O–H groups in total. The molecule has 1 heterocycles. The molecular weight excluding hydrogens is 252 g/mol. The summed E-state index contributed by atoms with van der Waals surface area (Å²) in [6.07, 6.45) is 1.16. The van der Waals surface area contributed by atoms with Crippen molar-refractivity contribution in [2.75, 3.05) is 46.4 Å². The molecule has 1 fully saturated rings. The van der Waals surface area contributed by atoms with E-state index in [0.29, 0.717) is 0 Å². The summed E-state index contributed by atoms with van der Waals surface area (Å²) < 4.78 is 5.46. The van der Waals surface area contributed by atoms with Crippen molar-refractivity contribution in [3.8, 4) is 5.75 Å². The monoisotopic (exact) mass is 278 g/mol. The fourth-order valence-corrected chi connectivity index (χ4v) is 2.82. The van der Waals surface area contributed by atoms with Crippen LogP contribution in [-0.4, -0.2) is 61.3 Å². The van der Waals surface area contributed by atoms with Crippen molar-refractivity contribution < 1.29 is 9.84 Å². The second-order valence-corrected chi connectivity index (χ2v) is 5.51. The van der Waals surface area contributed by atoms with E-state index in [0.717, 1.165) is 51.4 Å². The smallest absolute Gasteiger partial charge is 0.123 e. The molecule has 0 atom stereocenters. The molecule has 1 aromatic rings. The molecular formula is C16H26N2O2. The molecule has 1 aromatic carbocycles. The number of nitrogens with zero attached hydrogens (tertiary/aromatic N) is 2. The third-order valence-electron chi connectivity index (χ3n) is 3.93. The Morgan fingerprint density at radius 3 is 2.65 bits per heavy atom. The minimum atomic E-state index is 0.256. The van der Waals surface area contributed by atoms with Crippen molar-refractivity contribution in [1.29, 1.82) is 0 Å². The van der Waals surface area contributed by atoms with Crippen LogP contribution in [-0.2, 0) is 6.54 Å². The van der Waals surface area contributed by atoms with Gasteiger partial charge in [0.05, 0.1) is 13.7 Å². The van der Waals surface area contributed by atoms with E-state index in [2.05, 4.69) is 34.9 Å². The molecule has 112 valence electrons. The van der Waals surface area contributed by atoms with Gasteiger partial charge in [0.1, 0.15) is 5.75 Å². The minimum Gasteiger partial charge on any atom is -0.496 e. The summed E-state index contributed by atoms with van der Waals surface area (Å²) in [5, 5.41) is 9.04. The molecule has 0 aromatic heterocycles. The Morgan fingerprint density at radius 2 is 1.90 bits per heavy atom. The lowest BCUT2D eigenvalue weighted by Gasteiger charge is -2.22. The molecule has 4 nitrogen and oxygen atoms in total. The first-order valence-electron chi connectivity index (χ1n) is 7.42. The number of ether oxygens (including phenoxy) is 1. The van der Waals surface area contributed by atoms with Crippen LogP contribution in [0.5, 0.6) is 5.75 Å². The van der Waals surface area contributed by atoms with Crippen molar-refractivity contribution in [3.05, 3.63) is 29.3 Å². The van der Waals surface area contributed by atoms with Gasteiger partial charge in [-0.3, -0.25) is 9.80 Å². The first-order valence-corrected chi connectivity index (χ1v) is 7.42. The Balaban J connectivity index is 1.97. The number of methoxy groups -OCH3 is 1. The number of β-amino-alcohol motifs (C(OH)–C–C–N with tert-alkyl or cyclic N) is 1. The van der Waals surface area contributed by atoms with Gasteiger partial charge >= 0.3 is 0 Å². The summed E-state index contributed by atoms with van der Waals surface area (Å²) in [7, 11) is 1.74. The van der Waals surface area contributed by atoms with E-state index in [1.165, 1.54) is 11.1 Å². The summed E-state index contributed by atoms with van der Waals surface area (Å²) in [5.74, 6) is 0.979. The lowest BCUT2D eigenvalue weighted by Crippen LogP contribution is -2.32. The molecule has 0 unspecified atom stereocenters. The maximum Gasteiger partial charge on any atom is 0.123 e. The van der Waals surface area contributed by atoms with Crippen molar-refractivity contribution >= 4 is 0 Å². The van der Waals surface area contributed by atoms with Gasteiger partial charge in [-0.2, -0.15) is 0 Å². The topological polar surface area (TPSA) is 35.9 Å². The van der Waals surface area contributed by atoms with Crippen molar-refractivity contribution in [3.63, 3.8) is 0 Å². The Labute approximate surface area is 122 Å². The van der Waals surface area contributed by atoms with Gasteiger partial charge in [0.2, 0.25) is 0 Å². The van der Waals surface area contributed by atoms with Crippen LogP contribution in [0.4, 0.5) is 0 Å². The number of benzene rings is 1. The third kappa shape index (κ3) is 4.20. The van der Waals surface area contributed by atoms with Gasteiger partial charge in [0.15, 0.2) is 0 Å². The third-order valence-corrected chi connectivity index (χ3v) is 3.93. The van der Waals surface area contributed by atoms with Gasteiger partial charge in [-0.25, -0.2) is 0 Å². The molecule has 0 aliphatic carbocycles. The van der Waals surface area contributed by atoms with Crippen LogP contribution in [0.15, 0.2) is 18.2 Å². The van der Waals surface area contributed by atoms with Gasteiger partial charge in [-0.15, -0.1) is 0 Å². The number of aryl methyl sites for hydroxylation is 1. The van der Waals surface area contributed by atoms with E-state index in [4.69, 9.17) is 9.84 Å². The number of aliphatic hydroxyl groups is 1. The highest BCUT2D eigenvalue weighted by molar-refractivity contribution is 5.36. The lowest BCUT2D eigenvalue weighted by atomic mass is 10.1. The predicted octanol–water partition coefficient (Wildman–Crippen LogP) is 1.50. The maximum absolute atomic E-state index is 9.04. The second-order valence-electron chi connectivity index (χ2n) is 5.51. The van der Waals surface area contributed by atoms with Crippen molar-refractivity contribution in [2.24, 2.45) is 0 Å². The molecule has 0 saturated carbocycles. The van der Waals surface area contributed by atoms with E-state index in [1.54, 1.807) is 7.11 Å². The molecule has 20 heavy (non-hydrogen) atoms. The van der Waals surface area contributed by atoms with Crippen LogP contribution in [0.2, 0.25) is 0 Å². The van der Waals surface area contributed by atoms with Gasteiger partial charge in [-0.05, 0) is 32.5 Å². The molecule has 0 radical (unpaired) electrons. The standard InChI is InChI=1S/C16H26N2O2/c1-14-4-5-16(20-2)15(12-14)13-18-7-3-6-17(8-9-18)10-11-19/h4-5,12,19H,3,6-11,13H2,1-2H3. The zero-order valence-corrected chi connectivity index (χ0v) is 12.6. The van der Waals surface area contributed by atoms with Crippen LogP contribution in [0.3, 0.4) is 0 Å². The Bertz CT molecular complexity index is 423. The highest BCUT2D eigenvalue weighted by Gasteiger charge is 2.16. The van der Waals surface area contributed by atoms with Crippen LogP contribution in [0.1, 0.15) is 17.5 Å². The van der Waals surface area contributed by atoms with E-state index < -0.39 is 0 Å². The average molecular weight is 278 g/mol. The maximum atomic E-state index is 9.04. The number of rotatable bonds is 5. The zero-order valence-electron chi connectivity index (χ0n) is 12.6. The van der Waals surface area contributed by atoms with E-state index in [-0.39, 0.29) is 6.61 Å². The largest absolute Gasteiger partial charge is 0.496 e. The molecule has 1 aliphatic rings. The van der Waals surface area contributed by atoms with Gasteiger partial charge in [-0.1, -0.05) is 17.7 Å². The molecule has 0 spiro atoms. The molecule has 0 amide bonds. The van der Waals surface area contributed by atoms with Crippen LogP contribution in [0.25, 0.3) is 0 Å². The average Bonchev–Trinajstić information content (AvgIpc) is 2.65. The van der Waals surface area contributed by atoms with E-state index in [9.17, 15) is 0 Å². The van der Waals surface area contributed by atoms with E-state index in [1.807, 2.05) is 0 Å². The first-order chi connectivity index (χ1) is 9.72. The van der Waals surface area contributed by atoms with Crippen molar-refractivity contribution in [1.82, 2.24) is 9.80 Å². The van der Waals surface area contributed by atoms with Gasteiger partial charge in [0, 0.05) is 31.7 Å².